The first kappa shape index (κ1) is 12.5. The summed E-state index contributed by atoms with van der Waals surface area (Å²) in [4.78, 5) is 14.7. The minimum atomic E-state index is -0.114. The van der Waals surface area contributed by atoms with Crippen molar-refractivity contribution in [2.24, 2.45) is 0 Å². The third kappa shape index (κ3) is 2.20. The van der Waals surface area contributed by atoms with Gasteiger partial charge in [0.15, 0.2) is 0 Å². The highest BCUT2D eigenvalue weighted by atomic mass is 16.5. The zero-order chi connectivity index (χ0) is 14.1. The molecule has 0 atom stereocenters. The van der Waals surface area contributed by atoms with Gasteiger partial charge >= 0.3 is 5.69 Å². The number of fused-ring (bicyclic) bond motifs is 1. The maximum absolute atomic E-state index is 11.9. The largest absolute Gasteiger partial charge is 0.494 e. The molecule has 102 valence electrons. The zero-order valence-corrected chi connectivity index (χ0v) is 11.5. The Balaban J connectivity index is 2.05. The summed E-state index contributed by atoms with van der Waals surface area (Å²) >= 11 is 0. The van der Waals surface area contributed by atoms with Crippen LogP contribution in [-0.4, -0.2) is 16.0 Å². The molecule has 0 aliphatic heterocycles. The van der Waals surface area contributed by atoms with Crippen molar-refractivity contribution >= 4 is 5.52 Å². The highest BCUT2D eigenvalue weighted by Crippen LogP contribution is 2.24. The van der Waals surface area contributed by atoms with Crippen LogP contribution in [0.5, 0.6) is 5.75 Å². The first-order chi connectivity index (χ1) is 9.67. The van der Waals surface area contributed by atoms with Gasteiger partial charge in [-0.3, -0.25) is 4.40 Å². The lowest BCUT2D eigenvalue weighted by atomic mass is 10.1. The average Bonchev–Trinajstić information content (AvgIpc) is 2.84. The summed E-state index contributed by atoms with van der Waals surface area (Å²) in [6.07, 6.45) is 1.85. The third-order valence-electron chi connectivity index (χ3n) is 3.24. The van der Waals surface area contributed by atoms with Gasteiger partial charge in [-0.1, -0.05) is 12.1 Å². The second-order valence-electron chi connectivity index (χ2n) is 4.74. The molecule has 3 rings (SSSR count). The van der Waals surface area contributed by atoms with Gasteiger partial charge in [-0.2, -0.15) is 0 Å². The number of aromatic nitrogens is 2. The van der Waals surface area contributed by atoms with E-state index in [2.05, 4.69) is 4.98 Å². The molecular formula is C16H16N2O2. The standard InChI is InChI=1S/C16H16N2O2/c1-3-20-15-6-4-12(5-7-15)13-9-14-8-11(2)17-16(19)18(14)10-13/h4-10H,3H2,1-2H3,(H,17,19). The summed E-state index contributed by atoms with van der Waals surface area (Å²) in [7, 11) is 0. The van der Waals surface area contributed by atoms with Crippen molar-refractivity contribution in [2.75, 3.05) is 6.61 Å². The number of nitrogens with one attached hydrogen (secondary N) is 1. The molecule has 0 saturated heterocycles. The topological polar surface area (TPSA) is 46.5 Å². The Labute approximate surface area is 116 Å². The van der Waals surface area contributed by atoms with Gasteiger partial charge < -0.3 is 9.72 Å². The molecule has 20 heavy (non-hydrogen) atoms. The highest BCUT2D eigenvalue weighted by molar-refractivity contribution is 5.70. The first-order valence-electron chi connectivity index (χ1n) is 6.62. The van der Waals surface area contributed by atoms with E-state index in [1.54, 1.807) is 4.40 Å². The van der Waals surface area contributed by atoms with Crippen molar-refractivity contribution in [1.29, 1.82) is 0 Å². The lowest BCUT2D eigenvalue weighted by Crippen LogP contribution is -2.15. The Hall–Kier alpha value is -2.49. The van der Waals surface area contributed by atoms with Gasteiger partial charge in [-0.25, -0.2) is 4.79 Å². The molecule has 0 unspecified atom stereocenters. The van der Waals surface area contributed by atoms with E-state index in [1.807, 2.05) is 56.4 Å². The molecule has 1 aromatic carbocycles. The highest BCUT2D eigenvalue weighted by Gasteiger charge is 2.05. The van der Waals surface area contributed by atoms with E-state index in [-0.39, 0.29) is 5.69 Å². The number of hydrogen-bond acceptors (Lipinski definition) is 2. The first-order valence-corrected chi connectivity index (χ1v) is 6.62. The number of nitrogens with zero attached hydrogens (tertiary/aromatic N) is 1. The lowest BCUT2D eigenvalue weighted by Gasteiger charge is -2.03. The number of hydrogen-bond donors (Lipinski definition) is 1. The smallest absolute Gasteiger partial charge is 0.330 e. The van der Waals surface area contributed by atoms with Crippen LogP contribution in [0.3, 0.4) is 0 Å². The summed E-state index contributed by atoms with van der Waals surface area (Å²) in [5.41, 5.74) is 3.73. The molecule has 0 saturated carbocycles. The van der Waals surface area contributed by atoms with Gasteiger partial charge in [-0.15, -0.1) is 0 Å². The van der Waals surface area contributed by atoms with Crippen LogP contribution in [-0.2, 0) is 0 Å². The molecule has 0 fully saturated rings. The van der Waals surface area contributed by atoms with E-state index in [1.165, 1.54) is 0 Å². The minimum Gasteiger partial charge on any atom is -0.494 e. The van der Waals surface area contributed by atoms with Gasteiger partial charge in [0.1, 0.15) is 5.75 Å². The lowest BCUT2D eigenvalue weighted by molar-refractivity contribution is 0.340. The fourth-order valence-corrected chi connectivity index (χ4v) is 2.32. The Kier molecular flexibility index (Phi) is 3.06. The number of aryl methyl sites for hydroxylation is 1. The normalized spacial score (nSPS) is 10.9. The van der Waals surface area contributed by atoms with Crippen LogP contribution < -0.4 is 10.4 Å². The summed E-state index contributed by atoms with van der Waals surface area (Å²) in [6.45, 7) is 4.50. The van der Waals surface area contributed by atoms with Crippen molar-refractivity contribution in [3.8, 4) is 16.9 Å². The second-order valence-corrected chi connectivity index (χ2v) is 4.74. The van der Waals surface area contributed by atoms with E-state index in [0.717, 1.165) is 28.1 Å². The van der Waals surface area contributed by atoms with Crippen molar-refractivity contribution in [3.05, 3.63) is 58.8 Å². The molecule has 0 spiro atoms. The quantitative estimate of drug-likeness (QED) is 0.793. The molecule has 2 heterocycles. The van der Waals surface area contributed by atoms with Crippen molar-refractivity contribution in [2.45, 2.75) is 13.8 Å². The molecule has 2 aromatic heterocycles. The van der Waals surface area contributed by atoms with Crippen molar-refractivity contribution < 1.29 is 4.74 Å². The van der Waals surface area contributed by atoms with E-state index < -0.39 is 0 Å². The summed E-state index contributed by atoms with van der Waals surface area (Å²) in [5.74, 6) is 0.855. The monoisotopic (exact) mass is 268 g/mol. The Morgan fingerprint density at radius 2 is 1.90 bits per heavy atom. The molecule has 0 aliphatic rings. The van der Waals surface area contributed by atoms with Gasteiger partial charge in [-0.05, 0) is 43.7 Å². The maximum atomic E-state index is 11.9. The maximum Gasteiger partial charge on any atom is 0.330 e. The SMILES string of the molecule is CCOc1ccc(-c2cc3cc(C)[nH]c(=O)n3c2)cc1. The predicted molar refractivity (Wildman–Crippen MR) is 79.4 cm³/mol. The number of ether oxygens (including phenoxy) is 1. The number of H-pyrrole nitrogens is 1. The van der Waals surface area contributed by atoms with Crippen LogP contribution in [0.4, 0.5) is 0 Å². The number of aromatic amines is 1. The van der Waals surface area contributed by atoms with Crippen LogP contribution in [0.2, 0.25) is 0 Å². The molecule has 4 heteroatoms. The summed E-state index contributed by atoms with van der Waals surface area (Å²) in [5, 5.41) is 0. The Morgan fingerprint density at radius 3 is 2.60 bits per heavy atom. The van der Waals surface area contributed by atoms with E-state index in [0.29, 0.717) is 6.61 Å². The molecule has 0 radical (unpaired) electrons. The minimum absolute atomic E-state index is 0.114. The molecule has 0 bridgehead atoms. The molecule has 0 aliphatic carbocycles. The second kappa shape index (κ2) is 4.89. The van der Waals surface area contributed by atoms with Crippen LogP contribution in [0.15, 0.2) is 47.4 Å². The summed E-state index contributed by atoms with van der Waals surface area (Å²) in [6, 6.07) is 11.9. The van der Waals surface area contributed by atoms with Crippen molar-refractivity contribution in [1.82, 2.24) is 9.38 Å². The third-order valence-corrected chi connectivity index (χ3v) is 3.24. The van der Waals surface area contributed by atoms with Crippen LogP contribution in [0, 0.1) is 6.92 Å². The zero-order valence-electron chi connectivity index (χ0n) is 11.5. The molecule has 1 N–H and O–H groups in total. The number of rotatable bonds is 3. The average molecular weight is 268 g/mol. The Morgan fingerprint density at radius 1 is 1.15 bits per heavy atom. The molecule has 3 aromatic rings. The summed E-state index contributed by atoms with van der Waals surface area (Å²) < 4.78 is 7.05. The predicted octanol–water partition coefficient (Wildman–Crippen LogP) is 3.00. The van der Waals surface area contributed by atoms with E-state index in [9.17, 15) is 4.79 Å². The van der Waals surface area contributed by atoms with Gasteiger partial charge in [0.2, 0.25) is 0 Å². The molecular weight excluding hydrogens is 252 g/mol. The van der Waals surface area contributed by atoms with E-state index in [4.69, 9.17) is 4.74 Å². The van der Waals surface area contributed by atoms with Gasteiger partial charge in [0.05, 0.1) is 12.1 Å². The number of benzene rings is 1. The van der Waals surface area contributed by atoms with Crippen LogP contribution in [0.25, 0.3) is 16.6 Å². The molecule has 4 nitrogen and oxygen atoms in total. The fraction of sp³-hybridized carbons (Fsp3) is 0.188. The fourth-order valence-electron chi connectivity index (χ4n) is 2.32. The van der Waals surface area contributed by atoms with Crippen LogP contribution in [0.1, 0.15) is 12.6 Å². The van der Waals surface area contributed by atoms with Gasteiger partial charge in [0, 0.05) is 17.5 Å². The molecule has 0 amide bonds. The Bertz CT molecular complexity index is 797. The van der Waals surface area contributed by atoms with Gasteiger partial charge in [0.25, 0.3) is 0 Å². The van der Waals surface area contributed by atoms with Crippen LogP contribution >= 0.6 is 0 Å². The van der Waals surface area contributed by atoms with E-state index >= 15 is 0 Å². The van der Waals surface area contributed by atoms with Crippen molar-refractivity contribution in [3.63, 3.8) is 0 Å².